The van der Waals surface area contributed by atoms with Gasteiger partial charge in [-0.3, -0.25) is 0 Å². The minimum Gasteiger partial charge on any atom is -0.387 e. The largest absolute Gasteiger partial charge is 0.387 e. The molecule has 76 valence electrons. The van der Waals surface area contributed by atoms with Gasteiger partial charge in [0.2, 0.25) is 0 Å². The molecule has 2 nitrogen and oxygen atoms in total. The van der Waals surface area contributed by atoms with Crippen LogP contribution in [0, 0.1) is 0 Å². The summed E-state index contributed by atoms with van der Waals surface area (Å²) < 4.78 is 5.60. The van der Waals surface area contributed by atoms with E-state index in [0.29, 0.717) is 0 Å². The highest BCUT2D eigenvalue weighted by atomic mass is 16.6. The molecule has 1 aromatic rings. The lowest BCUT2D eigenvalue weighted by Crippen LogP contribution is -2.38. The fourth-order valence-corrected chi connectivity index (χ4v) is 2.23. The van der Waals surface area contributed by atoms with Gasteiger partial charge in [0.15, 0.2) is 0 Å². The molecule has 1 saturated heterocycles. The van der Waals surface area contributed by atoms with Gasteiger partial charge in [0.05, 0.1) is 11.7 Å². The van der Waals surface area contributed by atoms with E-state index in [0.717, 1.165) is 5.56 Å². The average Bonchev–Trinajstić information content (AvgIpc) is 2.79. The fourth-order valence-electron chi connectivity index (χ4n) is 2.23. The van der Waals surface area contributed by atoms with Crippen molar-refractivity contribution in [1.29, 1.82) is 0 Å². The molecule has 0 spiro atoms. The lowest BCUT2D eigenvalue weighted by Gasteiger charge is -2.27. The molecule has 1 fully saturated rings. The maximum absolute atomic E-state index is 10.1. The summed E-state index contributed by atoms with van der Waals surface area (Å²) in [7, 11) is 0. The van der Waals surface area contributed by atoms with E-state index in [-0.39, 0.29) is 6.10 Å². The van der Waals surface area contributed by atoms with Gasteiger partial charge in [-0.05, 0) is 26.3 Å². The van der Waals surface area contributed by atoms with Crippen LogP contribution in [-0.4, -0.2) is 16.8 Å². The molecule has 1 aliphatic rings. The summed E-state index contributed by atoms with van der Waals surface area (Å²) in [5.41, 5.74) is -0.290. The predicted octanol–water partition coefficient (Wildman–Crippen LogP) is 2.07. The summed E-state index contributed by atoms with van der Waals surface area (Å²) in [6, 6.07) is 9.91. The lowest BCUT2D eigenvalue weighted by molar-refractivity contribution is -0.00846. The van der Waals surface area contributed by atoms with Crippen LogP contribution >= 0.6 is 0 Å². The smallest absolute Gasteiger partial charge is 0.147 e. The zero-order valence-electron chi connectivity index (χ0n) is 8.82. The van der Waals surface area contributed by atoms with Crippen molar-refractivity contribution in [3.05, 3.63) is 35.9 Å². The molecule has 1 aliphatic heterocycles. The van der Waals surface area contributed by atoms with Crippen LogP contribution in [0.4, 0.5) is 0 Å². The summed E-state index contributed by atoms with van der Waals surface area (Å²) in [6.45, 7) is 5.58. The highest BCUT2D eigenvalue weighted by Crippen LogP contribution is 2.53. The van der Waals surface area contributed by atoms with Crippen LogP contribution in [0.15, 0.2) is 30.3 Å². The highest BCUT2D eigenvalue weighted by Gasteiger charge is 2.63. The van der Waals surface area contributed by atoms with Crippen LogP contribution in [0.5, 0.6) is 0 Å². The summed E-state index contributed by atoms with van der Waals surface area (Å²) >= 11 is 0. The molecule has 0 amide bonds. The SMILES string of the molecule is C[C@H]1O[C@]1(c1ccccc1)C(C)(C)O. The number of hydrogen-bond donors (Lipinski definition) is 1. The number of aliphatic hydroxyl groups is 1. The first kappa shape index (κ1) is 9.69. The van der Waals surface area contributed by atoms with Crippen molar-refractivity contribution in [3.8, 4) is 0 Å². The highest BCUT2D eigenvalue weighted by molar-refractivity contribution is 5.32. The Morgan fingerprint density at radius 3 is 2.14 bits per heavy atom. The lowest BCUT2D eigenvalue weighted by atomic mass is 9.82. The maximum atomic E-state index is 10.1. The second-order valence-electron chi connectivity index (χ2n) is 4.42. The van der Waals surface area contributed by atoms with Crippen LogP contribution in [0.1, 0.15) is 26.3 Å². The Balaban J connectivity index is 2.42. The van der Waals surface area contributed by atoms with Crippen molar-refractivity contribution in [3.63, 3.8) is 0 Å². The van der Waals surface area contributed by atoms with E-state index < -0.39 is 11.2 Å². The van der Waals surface area contributed by atoms with Crippen molar-refractivity contribution in [2.45, 2.75) is 38.1 Å². The molecule has 0 saturated carbocycles. The Hall–Kier alpha value is -0.860. The van der Waals surface area contributed by atoms with Crippen LogP contribution in [0.3, 0.4) is 0 Å². The average molecular weight is 192 g/mol. The molecule has 0 radical (unpaired) electrons. The monoisotopic (exact) mass is 192 g/mol. The predicted molar refractivity (Wildman–Crippen MR) is 55.0 cm³/mol. The van der Waals surface area contributed by atoms with Crippen molar-refractivity contribution < 1.29 is 9.84 Å². The van der Waals surface area contributed by atoms with E-state index in [9.17, 15) is 5.11 Å². The molecule has 1 heterocycles. The van der Waals surface area contributed by atoms with Crippen molar-refractivity contribution in [2.75, 3.05) is 0 Å². The Labute approximate surface area is 84.5 Å². The van der Waals surface area contributed by atoms with Crippen molar-refractivity contribution in [1.82, 2.24) is 0 Å². The first-order chi connectivity index (χ1) is 6.48. The Morgan fingerprint density at radius 2 is 1.79 bits per heavy atom. The molecular formula is C12H16O2. The van der Waals surface area contributed by atoms with Gasteiger partial charge in [0.25, 0.3) is 0 Å². The molecule has 0 aromatic heterocycles. The van der Waals surface area contributed by atoms with Gasteiger partial charge < -0.3 is 9.84 Å². The van der Waals surface area contributed by atoms with Crippen LogP contribution in [0.2, 0.25) is 0 Å². The number of rotatable bonds is 2. The van der Waals surface area contributed by atoms with Crippen LogP contribution < -0.4 is 0 Å². The maximum Gasteiger partial charge on any atom is 0.147 e. The third-order valence-electron chi connectivity index (χ3n) is 2.99. The van der Waals surface area contributed by atoms with Gasteiger partial charge >= 0.3 is 0 Å². The zero-order valence-corrected chi connectivity index (χ0v) is 8.82. The van der Waals surface area contributed by atoms with Crippen molar-refractivity contribution >= 4 is 0 Å². The molecule has 2 atom stereocenters. The molecule has 1 aromatic carbocycles. The summed E-state index contributed by atoms with van der Waals surface area (Å²) in [5, 5.41) is 10.1. The first-order valence-corrected chi connectivity index (χ1v) is 4.94. The third kappa shape index (κ3) is 1.18. The Bertz CT molecular complexity index is 326. The minimum absolute atomic E-state index is 0.0879. The van der Waals surface area contributed by atoms with Gasteiger partial charge in [-0.25, -0.2) is 0 Å². The van der Waals surface area contributed by atoms with Crippen LogP contribution in [-0.2, 0) is 10.3 Å². The topological polar surface area (TPSA) is 32.8 Å². The molecule has 2 heteroatoms. The second kappa shape index (κ2) is 2.81. The quantitative estimate of drug-likeness (QED) is 0.728. The van der Waals surface area contributed by atoms with Crippen molar-refractivity contribution in [2.24, 2.45) is 0 Å². The molecule has 0 bridgehead atoms. The van der Waals surface area contributed by atoms with Gasteiger partial charge in [-0.1, -0.05) is 30.3 Å². The third-order valence-corrected chi connectivity index (χ3v) is 2.99. The van der Waals surface area contributed by atoms with Gasteiger partial charge in [-0.2, -0.15) is 0 Å². The van der Waals surface area contributed by atoms with Crippen LogP contribution in [0.25, 0.3) is 0 Å². The molecule has 1 N–H and O–H groups in total. The Kier molecular flexibility index (Phi) is 1.95. The number of ether oxygens (including phenoxy) is 1. The minimum atomic E-state index is -0.840. The fraction of sp³-hybridized carbons (Fsp3) is 0.500. The molecule has 0 aliphatic carbocycles. The van der Waals surface area contributed by atoms with Gasteiger partial charge in [-0.15, -0.1) is 0 Å². The van der Waals surface area contributed by atoms with E-state index >= 15 is 0 Å². The summed E-state index contributed by atoms with van der Waals surface area (Å²) in [4.78, 5) is 0. The summed E-state index contributed by atoms with van der Waals surface area (Å²) in [6.07, 6.45) is 0.0879. The number of benzene rings is 1. The number of epoxide rings is 1. The van der Waals surface area contributed by atoms with E-state index in [1.54, 1.807) is 13.8 Å². The number of hydrogen-bond acceptors (Lipinski definition) is 2. The first-order valence-electron chi connectivity index (χ1n) is 4.94. The van der Waals surface area contributed by atoms with E-state index in [4.69, 9.17) is 4.74 Å². The second-order valence-corrected chi connectivity index (χ2v) is 4.42. The van der Waals surface area contributed by atoms with Gasteiger partial charge in [0, 0.05) is 0 Å². The summed E-state index contributed by atoms with van der Waals surface area (Å²) in [5.74, 6) is 0. The standard InChI is InChI=1S/C12H16O2/c1-9-12(14-9,11(2,3)13)10-7-5-4-6-8-10/h4-9,13H,1-3H3/t9-,12-/m1/s1. The van der Waals surface area contributed by atoms with E-state index in [2.05, 4.69) is 0 Å². The van der Waals surface area contributed by atoms with E-state index in [1.807, 2.05) is 37.3 Å². The van der Waals surface area contributed by atoms with Gasteiger partial charge in [0.1, 0.15) is 5.60 Å². The van der Waals surface area contributed by atoms with E-state index in [1.165, 1.54) is 0 Å². The zero-order chi connectivity index (χ0) is 10.4. The normalized spacial score (nSPS) is 31.6. The molecule has 14 heavy (non-hydrogen) atoms. The molecule has 0 unspecified atom stereocenters. The Morgan fingerprint density at radius 1 is 1.29 bits per heavy atom. The molecular weight excluding hydrogens is 176 g/mol. The molecule has 2 rings (SSSR count).